The third kappa shape index (κ3) is 3.12. The van der Waals surface area contributed by atoms with E-state index < -0.39 is 6.10 Å². The van der Waals surface area contributed by atoms with Gasteiger partial charge < -0.3 is 14.7 Å². The maximum absolute atomic E-state index is 12.4. The van der Waals surface area contributed by atoms with Gasteiger partial charge in [0, 0.05) is 30.8 Å². The Labute approximate surface area is 126 Å². The number of ether oxygens (including phenoxy) is 1. The van der Waals surface area contributed by atoms with Gasteiger partial charge in [-0.2, -0.15) is 0 Å². The van der Waals surface area contributed by atoms with Crippen molar-refractivity contribution in [1.29, 1.82) is 0 Å². The molecule has 0 radical (unpaired) electrons. The first-order chi connectivity index (χ1) is 9.54. The third-order valence-corrected chi connectivity index (χ3v) is 4.58. The van der Waals surface area contributed by atoms with E-state index in [-0.39, 0.29) is 19.1 Å². The number of aliphatic hydroxyl groups is 1. The van der Waals surface area contributed by atoms with E-state index in [4.69, 9.17) is 16.3 Å². The van der Waals surface area contributed by atoms with Crippen LogP contribution in [0.4, 0.5) is 0 Å². The van der Waals surface area contributed by atoms with Crippen LogP contribution in [0.3, 0.4) is 0 Å². The van der Waals surface area contributed by atoms with E-state index in [1.807, 2.05) is 24.3 Å². The number of benzene rings is 1. The Morgan fingerprint density at radius 3 is 2.85 bits per heavy atom. The first kappa shape index (κ1) is 15.3. The summed E-state index contributed by atoms with van der Waals surface area (Å²) in [7, 11) is 3.15. The highest BCUT2D eigenvalue weighted by Crippen LogP contribution is 2.35. The number of hydrogen-bond donors (Lipinski definition) is 1. The lowest BCUT2D eigenvalue weighted by atomic mass is 10.2. The molecule has 1 unspecified atom stereocenters. The quantitative estimate of drug-likeness (QED) is 0.923. The zero-order valence-corrected chi connectivity index (χ0v) is 12.9. The van der Waals surface area contributed by atoms with Gasteiger partial charge in [0.2, 0.25) is 0 Å². The molecule has 2 aromatic rings. The summed E-state index contributed by atoms with van der Waals surface area (Å²) in [5.74, 6) is -0.189. The SMILES string of the molecule is COCC(O)CN(C)C(=O)c1sc2ccccc2c1Cl. The first-order valence-electron chi connectivity index (χ1n) is 6.14. The van der Waals surface area contributed by atoms with Crippen LogP contribution < -0.4 is 0 Å². The van der Waals surface area contributed by atoms with Crippen LogP contribution in [0.2, 0.25) is 5.02 Å². The van der Waals surface area contributed by atoms with Gasteiger partial charge in [0.1, 0.15) is 4.88 Å². The Kier molecular flexibility index (Phi) is 4.99. The number of methoxy groups -OCH3 is 1. The highest BCUT2D eigenvalue weighted by Gasteiger charge is 2.21. The number of carbonyl (C=O) groups is 1. The lowest BCUT2D eigenvalue weighted by molar-refractivity contribution is 0.0382. The number of aliphatic hydroxyl groups excluding tert-OH is 1. The molecule has 1 aromatic carbocycles. The molecule has 1 atom stereocenters. The van der Waals surface area contributed by atoms with E-state index in [1.54, 1.807) is 7.05 Å². The van der Waals surface area contributed by atoms with Crippen LogP contribution in [-0.4, -0.2) is 49.3 Å². The molecule has 0 saturated heterocycles. The predicted molar refractivity (Wildman–Crippen MR) is 81.7 cm³/mol. The minimum atomic E-state index is -0.706. The summed E-state index contributed by atoms with van der Waals surface area (Å²) in [6.45, 7) is 0.398. The Balaban J connectivity index is 2.20. The van der Waals surface area contributed by atoms with Crippen LogP contribution >= 0.6 is 22.9 Å². The average molecular weight is 314 g/mol. The van der Waals surface area contributed by atoms with Crippen LogP contribution in [0.5, 0.6) is 0 Å². The van der Waals surface area contributed by atoms with Gasteiger partial charge >= 0.3 is 0 Å². The summed E-state index contributed by atoms with van der Waals surface area (Å²) in [5.41, 5.74) is 0. The summed E-state index contributed by atoms with van der Waals surface area (Å²) < 4.78 is 5.83. The molecule has 0 saturated carbocycles. The summed E-state index contributed by atoms with van der Waals surface area (Å²) in [5, 5.41) is 11.0. The van der Waals surface area contributed by atoms with Gasteiger partial charge in [-0.25, -0.2) is 0 Å². The lowest BCUT2D eigenvalue weighted by Gasteiger charge is -2.19. The smallest absolute Gasteiger partial charge is 0.265 e. The summed E-state index contributed by atoms with van der Waals surface area (Å²) in [6.07, 6.45) is -0.706. The number of halogens is 1. The number of hydrogen-bond acceptors (Lipinski definition) is 4. The lowest BCUT2D eigenvalue weighted by Crippen LogP contribution is -2.36. The number of nitrogens with zero attached hydrogens (tertiary/aromatic N) is 1. The molecule has 2 rings (SSSR count). The number of thiophene rings is 1. The van der Waals surface area contributed by atoms with Crippen molar-refractivity contribution in [2.45, 2.75) is 6.10 Å². The third-order valence-electron chi connectivity index (χ3n) is 2.92. The number of carbonyl (C=O) groups excluding carboxylic acids is 1. The molecule has 1 aromatic heterocycles. The van der Waals surface area contributed by atoms with Gasteiger partial charge in [0.25, 0.3) is 5.91 Å². The molecule has 0 aliphatic heterocycles. The average Bonchev–Trinajstić information content (AvgIpc) is 2.76. The molecule has 6 heteroatoms. The van der Waals surface area contributed by atoms with Gasteiger partial charge in [0.05, 0.1) is 17.7 Å². The normalized spacial score (nSPS) is 12.6. The molecule has 108 valence electrons. The second-order valence-corrected chi connectivity index (χ2v) is 5.97. The zero-order valence-electron chi connectivity index (χ0n) is 11.3. The molecule has 0 bridgehead atoms. The number of rotatable bonds is 5. The standard InChI is InChI=1S/C14H16ClNO3S/c1-16(7-9(17)8-19-2)14(18)13-12(15)10-5-3-4-6-11(10)20-13/h3-6,9,17H,7-8H2,1-2H3. The van der Waals surface area contributed by atoms with Crippen LogP contribution in [0.1, 0.15) is 9.67 Å². The number of fused-ring (bicyclic) bond motifs is 1. The molecule has 0 aliphatic rings. The first-order valence-corrected chi connectivity index (χ1v) is 7.33. The van der Waals surface area contributed by atoms with Crippen LogP contribution in [0.15, 0.2) is 24.3 Å². The van der Waals surface area contributed by atoms with Crippen molar-refractivity contribution in [3.05, 3.63) is 34.2 Å². The number of amides is 1. The minimum absolute atomic E-state index is 0.189. The van der Waals surface area contributed by atoms with E-state index in [9.17, 15) is 9.90 Å². The molecule has 1 N–H and O–H groups in total. The number of likely N-dealkylation sites (N-methyl/N-ethyl adjacent to an activating group) is 1. The molecular formula is C14H16ClNO3S. The Bertz CT molecular complexity index is 613. The van der Waals surface area contributed by atoms with Gasteiger partial charge in [-0.1, -0.05) is 29.8 Å². The maximum Gasteiger partial charge on any atom is 0.265 e. The fraction of sp³-hybridized carbons (Fsp3) is 0.357. The largest absolute Gasteiger partial charge is 0.389 e. The molecule has 4 nitrogen and oxygen atoms in total. The second kappa shape index (κ2) is 6.54. The van der Waals surface area contributed by atoms with E-state index in [1.165, 1.54) is 23.3 Å². The van der Waals surface area contributed by atoms with Gasteiger partial charge in [-0.3, -0.25) is 4.79 Å². The summed E-state index contributed by atoms with van der Waals surface area (Å²) in [4.78, 5) is 14.3. The van der Waals surface area contributed by atoms with E-state index in [0.29, 0.717) is 9.90 Å². The maximum atomic E-state index is 12.4. The molecular weight excluding hydrogens is 298 g/mol. The van der Waals surface area contributed by atoms with Crippen molar-refractivity contribution in [2.24, 2.45) is 0 Å². The van der Waals surface area contributed by atoms with E-state index >= 15 is 0 Å². The van der Waals surface area contributed by atoms with Crippen molar-refractivity contribution in [3.8, 4) is 0 Å². The summed E-state index contributed by atoms with van der Waals surface area (Å²) >= 11 is 7.63. The predicted octanol–water partition coefficient (Wildman–Crippen LogP) is 2.63. The fourth-order valence-electron chi connectivity index (χ4n) is 1.97. The summed E-state index contributed by atoms with van der Waals surface area (Å²) in [6, 6.07) is 7.63. The Morgan fingerprint density at radius 2 is 2.20 bits per heavy atom. The molecule has 20 heavy (non-hydrogen) atoms. The molecule has 0 fully saturated rings. The zero-order chi connectivity index (χ0) is 14.7. The molecule has 1 heterocycles. The molecule has 0 aliphatic carbocycles. The van der Waals surface area contributed by atoms with Crippen molar-refractivity contribution >= 4 is 38.9 Å². The molecule has 1 amide bonds. The van der Waals surface area contributed by atoms with Crippen molar-refractivity contribution in [2.75, 3.05) is 27.3 Å². The van der Waals surface area contributed by atoms with E-state index in [0.717, 1.165) is 10.1 Å². The second-order valence-electron chi connectivity index (χ2n) is 4.54. The molecule has 0 spiro atoms. The Morgan fingerprint density at radius 1 is 1.50 bits per heavy atom. The van der Waals surface area contributed by atoms with Gasteiger partial charge in [-0.15, -0.1) is 11.3 Å². The van der Waals surface area contributed by atoms with Gasteiger partial charge in [-0.05, 0) is 6.07 Å². The monoisotopic (exact) mass is 313 g/mol. The van der Waals surface area contributed by atoms with Crippen LogP contribution in [0.25, 0.3) is 10.1 Å². The van der Waals surface area contributed by atoms with E-state index in [2.05, 4.69) is 0 Å². The topological polar surface area (TPSA) is 49.8 Å². The van der Waals surface area contributed by atoms with Gasteiger partial charge in [0.15, 0.2) is 0 Å². The van der Waals surface area contributed by atoms with Crippen LogP contribution in [-0.2, 0) is 4.74 Å². The van der Waals surface area contributed by atoms with Crippen molar-refractivity contribution in [1.82, 2.24) is 4.90 Å². The highest BCUT2D eigenvalue weighted by atomic mass is 35.5. The minimum Gasteiger partial charge on any atom is -0.389 e. The fourth-order valence-corrected chi connectivity index (χ4v) is 3.48. The Hall–Kier alpha value is -1.14. The highest BCUT2D eigenvalue weighted by molar-refractivity contribution is 7.21. The van der Waals surface area contributed by atoms with Crippen LogP contribution in [0, 0.1) is 0 Å². The van der Waals surface area contributed by atoms with Crippen molar-refractivity contribution < 1.29 is 14.6 Å². The van der Waals surface area contributed by atoms with Crippen molar-refractivity contribution in [3.63, 3.8) is 0 Å².